The summed E-state index contributed by atoms with van der Waals surface area (Å²) in [6.07, 6.45) is 0. The van der Waals surface area contributed by atoms with Crippen LogP contribution in [0, 0.1) is 0 Å². The Kier molecular flexibility index (Phi) is 3.80. The van der Waals surface area contributed by atoms with Crippen LogP contribution in [0.25, 0.3) is 0 Å². The monoisotopic (exact) mass is 168 g/mol. The van der Waals surface area contributed by atoms with Crippen LogP contribution in [-0.2, 0) is 10.1 Å². The van der Waals surface area contributed by atoms with Crippen molar-refractivity contribution in [1.82, 2.24) is 5.32 Å². The number of rotatable bonds is 4. The van der Waals surface area contributed by atoms with Gasteiger partial charge in [-0.15, -0.1) is 0 Å². The Morgan fingerprint density at radius 1 is 1.70 bits per heavy atom. The standard InChI is InChI=1S/C4H12N2O3S/c1-4(6-3-2-5)10(7,8)9/h4,6H,2-3,5H2,1H3,(H,7,8,9). The lowest BCUT2D eigenvalue weighted by Gasteiger charge is -2.08. The largest absolute Gasteiger partial charge is 0.329 e. The lowest BCUT2D eigenvalue weighted by molar-refractivity contribution is 0.457. The molecule has 0 aliphatic heterocycles. The molecule has 0 fully saturated rings. The highest BCUT2D eigenvalue weighted by Crippen LogP contribution is 1.90. The normalized spacial score (nSPS) is 15.1. The molecule has 0 radical (unpaired) electrons. The van der Waals surface area contributed by atoms with E-state index in [9.17, 15) is 8.42 Å². The first-order chi connectivity index (χ1) is 4.48. The summed E-state index contributed by atoms with van der Waals surface area (Å²) in [5.74, 6) is 0. The topological polar surface area (TPSA) is 92.4 Å². The molecule has 0 aliphatic rings. The molecule has 0 saturated carbocycles. The minimum absolute atomic E-state index is 0.347. The first-order valence-electron chi connectivity index (χ1n) is 2.88. The molecule has 1 unspecified atom stereocenters. The molecule has 5 nitrogen and oxygen atoms in total. The Labute approximate surface area is 60.4 Å². The van der Waals surface area contributed by atoms with E-state index in [2.05, 4.69) is 5.32 Å². The van der Waals surface area contributed by atoms with E-state index in [4.69, 9.17) is 10.3 Å². The van der Waals surface area contributed by atoms with Crippen molar-refractivity contribution in [2.75, 3.05) is 13.1 Å². The highest BCUT2D eigenvalue weighted by Gasteiger charge is 2.14. The zero-order valence-corrected chi connectivity index (χ0v) is 6.56. The molecule has 0 amide bonds. The highest BCUT2D eigenvalue weighted by molar-refractivity contribution is 7.86. The lowest BCUT2D eigenvalue weighted by Crippen LogP contribution is -2.36. The molecule has 0 heterocycles. The molecule has 0 aromatic heterocycles. The van der Waals surface area contributed by atoms with E-state index in [0.717, 1.165) is 0 Å². The van der Waals surface area contributed by atoms with Gasteiger partial charge in [-0.05, 0) is 6.92 Å². The van der Waals surface area contributed by atoms with Crippen molar-refractivity contribution in [3.05, 3.63) is 0 Å². The molecule has 0 spiro atoms. The van der Waals surface area contributed by atoms with Crippen molar-refractivity contribution in [2.45, 2.75) is 12.3 Å². The summed E-state index contributed by atoms with van der Waals surface area (Å²) in [7, 11) is -3.94. The van der Waals surface area contributed by atoms with Gasteiger partial charge in [-0.2, -0.15) is 8.42 Å². The third-order valence-electron chi connectivity index (χ3n) is 1.02. The Bertz CT molecular complexity index is 177. The molecular weight excluding hydrogens is 156 g/mol. The second kappa shape index (κ2) is 3.87. The molecule has 6 heteroatoms. The number of nitrogens with two attached hydrogens (primary N) is 1. The molecule has 0 saturated heterocycles. The van der Waals surface area contributed by atoms with E-state index >= 15 is 0 Å². The SMILES string of the molecule is CC(NCCN)S(=O)(=O)O. The fourth-order valence-electron chi connectivity index (χ4n) is 0.392. The Hall–Kier alpha value is -0.170. The van der Waals surface area contributed by atoms with Crippen molar-refractivity contribution in [2.24, 2.45) is 5.73 Å². The van der Waals surface area contributed by atoms with Gasteiger partial charge in [-0.3, -0.25) is 9.87 Å². The predicted octanol–water partition coefficient (Wildman–Crippen LogP) is -1.23. The van der Waals surface area contributed by atoms with Crippen LogP contribution in [0.1, 0.15) is 6.92 Å². The summed E-state index contributed by atoms with van der Waals surface area (Å²) < 4.78 is 29.0. The summed E-state index contributed by atoms with van der Waals surface area (Å²) in [4.78, 5) is 0. The second-order valence-corrected chi connectivity index (χ2v) is 3.64. The maximum absolute atomic E-state index is 10.3. The third kappa shape index (κ3) is 3.78. The maximum Gasteiger partial charge on any atom is 0.280 e. The van der Waals surface area contributed by atoms with Gasteiger partial charge in [0.2, 0.25) is 0 Å². The molecule has 0 bridgehead atoms. The van der Waals surface area contributed by atoms with E-state index < -0.39 is 15.5 Å². The van der Waals surface area contributed by atoms with E-state index in [1.165, 1.54) is 6.92 Å². The van der Waals surface area contributed by atoms with Crippen molar-refractivity contribution in [1.29, 1.82) is 0 Å². The van der Waals surface area contributed by atoms with E-state index in [0.29, 0.717) is 13.1 Å². The van der Waals surface area contributed by atoms with Gasteiger partial charge in [0, 0.05) is 13.1 Å². The molecule has 62 valence electrons. The highest BCUT2D eigenvalue weighted by atomic mass is 32.2. The molecular formula is C4H12N2O3S. The summed E-state index contributed by atoms with van der Waals surface area (Å²) in [5.41, 5.74) is 5.08. The lowest BCUT2D eigenvalue weighted by atomic mass is 10.6. The van der Waals surface area contributed by atoms with E-state index in [-0.39, 0.29) is 0 Å². The fourth-order valence-corrected chi connectivity index (χ4v) is 0.720. The Morgan fingerprint density at radius 3 is 2.50 bits per heavy atom. The minimum atomic E-state index is -3.94. The summed E-state index contributed by atoms with van der Waals surface area (Å²) in [5, 5.41) is 1.58. The zero-order chi connectivity index (χ0) is 8.20. The Balaban J connectivity index is 3.75. The molecule has 4 N–H and O–H groups in total. The predicted molar refractivity (Wildman–Crippen MR) is 38.1 cm³/mol. The van der Waals surface area contributed by atoms with Crippen LogP contribution in [0.2, 0.25) is 0 Å². The molecule has 0 aromatic rings. The van der Waals surface area contributed by atoms with Crippen LogP contribution in [0.5, 0.6) is 0 Å². The van der Waals surface area contributed by atoms with Gasteiger partial charge in [0.05, 0.1) is 0 Å². The molecule has 1 atom stereocenters. The first kappa shape index (κ1) is 9.83. The number of hydrogen-bond acceptors (Lipinski definition) is 4. The average molecular weight is 168 g/mol. The van der Waals surface area contributed by atoms with E-state index in [1.807, 2.05) is 0 Å². The van der Waals surface area contributed by atoms with Crippen molar-refractivity contribution < 1.29 is 13.0 Å². The number of nitrogens with one attached hydrogen (secondary N) is 1. The molecule has 0 rings (SSSR count). The molecule has 0 aliphatic carbocycles. The zero-order valence-electron chi connectivity index (χ0n) is 5.74. The third-order valence-corrected chi connectivity index (χ3v) is 2.08. The Morgan fingerprint density at radius 2 is 2.20 bits per heavy atom. The smallest absolute Gasteiger partial charge is 0.280 e. The van der Waals surface area contributed by atoms with Gasteiger partial charge in [-0.25, -0.2) is 0 Å². The summed E-state index contributed by atoms with van der Waals surface area (Å²) in [6.45, 7) is 2.08. The average Bonchev–Trinajstić information content (AvgIpc) is 1.80. The maximum atomic E-state index is 10.3. The molecule has 10 heavy (non-hydrogen) atoms. The van der Waals surface area contributed by atoms with Crippen LogP contribution in [0.3, 0.4) is 0 Å². The quantitative estimate of drug-likeness (QED) is 0.457. The van der Waals surface area contributed by atoms with Gasteiger partial charge in [0.1, 0.15) is 5.37 Å². The number of hydrogen-bond donors (Lipinski definition) is 3. The van der Waals surface area contributed by atoms with E-state index in [1.54, 1.807) is 0 Å². The van der Waals surface area contributed by atoms with Crippen LogP contribution in [0.4, 0.5) is 0 Å². The van der Waals surface area contributed by atoms with Crippen LogP contribution in [-0.4, -0.2) is 31.4 Å². The van der Waals surface area contributed by atoms with Crippen molar-refractivity contribution in [3.63, 3.8) is 0 Å². The van der Waals surface area contributed by atoms with Crippen LogP contribution >= 0.6 is 0 Å². The summed E-state index contributed by atoms with van der Waals surface area (Å²) >= 11 is 0. The van der Waals surface area contributed by atoms with Crippen LogP contribution < -0.4 is 11.1 Å². The van der Waals surface area contributed by atoms with Gasteiger partial charge in [0.15, 0.2) is 0 Å². The fraction of sp³-hybridized carbons (Fsp3) is 1.00. The summed E-state index contributed by atoms with van der Waals surface area (Å²) in [6, 6.07) is 0. The van der Waals surface area contributed by atoms with Gasteiger partial charge >= 0.3 is 0 Å². The van der Waals surface area contributed by atoms with Gasteiger partial charge in [-0.1, -0.05) is 0 Å². The van der Waals surface area contributed by atoms with Crippen molar-refractivity contribution >= 4 is 10.1 Å². The minimum Gasteiger partial charge on any atom is -0.329 e. The second-order valence-electron chi connectivity index (χ2n) is 1.90. The van der Waals surface area contributed by atoms with Gasteiger partial charge in [0.25, 0.3) is 10.1 Å². The van der Waals surface area contributed by atoms with Crippen molar-refractivity contribution in [3.8, 4) is 0 Å². The van der Waals surface area contributed by atoms with Crippen LogP contribution in [0.15, 0.2) is 0 Å². The molecule has 0 aromatic carbocycles. The van der Waals surface area contributed by atoms with Gasteiger partial charge < -0.3 is 5.73 Å². The first-order valence-corrected chi connectivity index (χ1v) is 4.38.